The van der Waals surface area contributed by atoms with E-state index in [1.165, 1.54) is 79.3 Å². The highest BCUT2D eigenvalue weighted by Gasteiger charge is 2.18. The zero-order valence-corrected chi connectivity index (χ0v) is 23.7. The molecule has 6 aromatic carbocycles. The maximum Gasteiger partial charge on any atom is 0.0727 e. The van der Waals surface area contributed by atoms with Crippen LogP contribution in [0.4, 0.5) is 0 Å². The van der Waals surface area contributed by atoms with Crippen LogP contribution in [-0.2, 0) is 0 Å². The molecule has 0 radical (unpaired) electrons. The fourth-order valence-corrected chi connectivity index (χ4v) is 8.57. The third-order valence-corrected chi connectivity index (χ3v) is 10.5. The standard InChI is InChI=1S/C38H23NS2/c1-2-11-28(12-3-1)39-33-15-6-4-14-30(33)38-37(39)32-23-27(18-20-36(32)41-38)25-10-8-9-24(21-25)26-17-19-35-31(22-26)29-13-5-7-16-34(29)40-35/h1-23H. The Morgan fingerprint density at radius 1 is 0.390 bits per heavy atom. The molecule has 3 aromatic heterocycles. The van der Waals surface area contributed by atoms with Crippen LogP contribution in [0.3, 0.4) is 0 Å². The van der Waals surface area contributed by atoms with Gasteiger partial charge >= 0.3 is 0 Å². The van der Waals surface area contributed by atoms with Crippen molar-refractivity contribution in [3.8, 4) is 27.9 Å². The predicted molar refractivity (Wildman–Crippen MR) is 180 cm³/mol. The van der Waals surface area contributed by atoms with Crippen molar-refractivity contribution in [3.63, 3.8) is 0 Å². The second-order valence-electron chi connectivity index (χ2n) is 10.6. The maximum absolute atomic E-state index is 2.43. The molecule has 0 amide bonds. The molecule has 41 heavy (non-hydrogen) atoms. The van der Waals surface area contributed by atoms with E-state index >= 15 is 0 Å². The van der Waals surface area contributed by atoms with Crippen molar-refractivity contribution in [2.45, 2.75) is 0 Å². The maximum atomic E-state index is 2.43. The third kappa shape index (κ3) is 3.53. The average Bonchev–Trinajstić information content (AvgIpc) is 3.70. The first-order valence-corrected chi connectivity index (χ1v) is 15.5. The van der Waals surface area contributed by atoms with Gasteiger partial charge in [0.05, 0.1) is 15.7 Å². The zero-order valence-electron chi connectivity index (χ0n) is 22.0. The lowest BCUT2D eigenvalue weighted by atomic mass is 9.97. The predicted octanol–water partition coefficient (Wildman–Crippen LogP) is 11.7. The molecule has 0 N–H and O–H groups in total. The first-order valence-electron chi connectivity index (χ1n) is 13.9. The van der Waals surface area contributed by atoms with Crippen molar-refractivity contribution >= 4 is 74.1 Å². The van der Waals surface area contributed by atoms with Gasteiger partial charge in [-0.1, -0.05) is 84.9 Å². The van der Waals surface area contributed by atoms with Crippen LogP contribution in [0.15, 0.2) is 140 Å². The van der Waals surface area contributed by atoms with Gasteiger partial charge in [-0.2, -0.15) is 0 Å². The molecule has 9 aromatic rings. The molecule has 0 aliphatic heterocycles. The molecule has 0 bridgehead atoms. The van der Waals surface area contributed by atoms with Gasteiger partial charge in [-0.3, -0.25) is 0 Å². The summed E-state index contributed by atoms with van der Waals surface area (Å²) in [5.41, 5.74) is 8.73. The number of fused-ring (bicyclic) bond motifs is 8. The molecule has 3 heteroatoms. The second kappa shape index (κ2) is 8.90. The molecule has 9 rings (SSSR count). The van der Waals surface area contributed by atoms with E-state index in [4.69, 9.17) is 0 Å². The van der Waals surface area contributed by atoms with E-state index in [-0.39, 0.29) is 0 Å². The van der Waals surface area contributed by atoms with Gasteiger partial charge in [-0.05, 0) is 76.9 Å². The number of aromatic nitrogens is 1. The highest BCUT2D eigenvalue weighted by Crippen LogP contribution is 2.44. The Hall–Kier alpha value is -4.70. The minimum atomic E-state index is 1.20. The van der Waals surface area contributed by atoms with E-state index < -0.39 is 0 Å². The van der Waals surface area contributed by atoms with E-state index in [9.17, 15) is 0 Å². The molecule has 192 valence electrons. The summed E-state index contributed by atoms with van der Waals surface area (Å²) in [6, 6.07) is 51.1. The number of rotatable bonds is 3. The van der Waals surface area contributed by atoms with Gasteiger partial charge in [0.15, 0.2) is 0 Å². The Morgan fingerprint density at radius 3 is 1.80 bits per heavy atom. The molecule has 0 aliphatic rings. The van der Waals surface area contributed by atoms with Crippen molar-refractivity contribution < 1.29 is 0 Å². The summed E-state index contributed by atoms with van der Waals surface area (Å²) in [6.07, 6.45) is 0. The van der Waals surface area contributed by atoms with Gasteiger partial charge in [-0.25, -0.2) is 0 Å². The lowest BCUT2D eigenvalue weighted by Crippen LogP contribution is -1.92. The fraction of sp³-hybridized carbons (Fsp3) is 0. The van der Waals surface area contributed by atoms with Crippen molar-refractivity contribution in [1.82, 2.24) is 4.57 Å². The molecule has 0 unspecified atom stereocenters. The largest absolute Gasteiger partial charge is 0.308 e. The van der Waals surface area contributed by atoms with E-state index in [0.29, 0.717) is 0 Å². The number of hydrogen-bond donors (Lipinski definition) is 0. The highest BCUT2D eigenvalue weighted by atomic mass is 32.1. The monoisotopic (exact) mass is 557 g/mol. The Kier molecular flexibility index (Phi) is 5.00. The highest BCUT2D eigenvalue weighted by molar-refractivity contribution is 7.26. The van der Waals surface area contributed by atoms with Crippen LogP contribution in [0.1, 0.15) is 0 Å². The van der Waals surface area contributed by atoms with Crippen molar-refractivity contribution in [1.29, 1.82) is 0 Å². The SMILES string of the molecule is c1ccc(-n2c3ccccc3c3sc4ccc(-c5cccc(-c6ccc7sc8ccccc8c7c6)c5)cc4c32)cc1. The van der Waals surface area contributed by atoms with Gasteiger partial charge in [-0.15, -0.1) is 22.7 Å². The summed E-state index contributed by atoms with van der Waals surface area (Å²) in [5, 5.41) is 5.29. The van der Waals surface area contributed by atoms with E-state index in [1.54, 1.807) is 0 Å². The smallest absolute Gasteiger partial charge is 0.0727 e. The molecular formula is C38H23NS2. The summed E-state index contributed by atoms with van der Waals surface area (Å²) >= 11 is 3.76. The minimum Gasteiger partial charge on any atom is -0.308 e. The molecule has 0 saturated carbocycles. The van der Waals surface area contributed by atoms with Crippen molar-refractivity contribution in [2.24, 2.45) is 0 Å². The molecule has 1 nitrogen and oxygen atoms in total. The van der Waals surface area contributed by atoms with Crippen LogP contribution >= 0.6 is 22.7 Å². The first-order chi connectivity index (χ1) is 20.3. The number of hydrogen-bond acceptors (Lipinski definition) is 2. The zero-order chi connectivity index (χ0) is 26.9. The quantitative estimate of drug-likeness (QED) is 0.204. The van der Waals surface area contributed by atoms with Gasteiger partial charge < -0.3 is 4.57 Å². The number of benzene rings is 6. The van der Waals surface area contributed by atoms with E-state index in [2.05, 4.69) is 144 Å². The minimum absolute atomic E-state index is 1.20. The second-order valence-corrected chi connectivity index (χ2v) is 12.7. The van der Waals surface area contributed by atoms with Crippen molar-refractivity contribution in [2.75, 3.05) is 0 Å². The molecule has 0 spiro atoms. The molecule has 0 atom stereocenters. The topological polar surface area (TPSA) is 4.93 Å². The summed E-state index contributed by atoms with van der Waals surface area (Å²) in [7, 11) is 0. The fourth-order valence-electron chi connectivity index (χ4n) is 6.28. The van der Waals surface area contributed by atoms with Crippen molar-refractivity contribution in [3.05, 3.63) is 140 Å². The van der Waals surface area contributed by atoms with Crippen LogP contribution in [0.25, 0.3) is 79.3 Å². The Labute approximate surface area is 245 Å². The van der Waals surface area contributed by atoms with Gasteiger partial charge in [0.25, 0.3) is 0 Å². The molecule has 0 aliphatic carbocycles. The van der Waals surface area contributed by atoms with Gasteiger partial charge in [0.1, 0.15) is 0 Å². The first kappa shape index (κ1) is 23.0. The summed E-state index contributed by atoms with van der Waals surface area (Å²) in [5.74, 6) is 0. The average molecular weight is 558 g/mol. The molecule has 0 fully saturated rings. The van der Waals surface area contributed by atoms with Gasteiger partial charge in [0.2, 0.25) is 0 Å². The number of nitrogens with zero attached hydrogens (tertiary/aromatic N) is 1. The lowest BCUT2D eigenvalue weighted by Gasteiger charge is -2.09. The molecule has 3 heterocycles. The summed E-state index contributed by atoms with van der Waals surface area (Å²) < 4.78 is 7.79. The van der Waals surface area contributed by atoms with E-state index in [1.807, 2.05) is 22.7 Å². The Bertz CT molecular complexity index is 2420. The van der Waals surface area contributed by atoms with Crippen LogP contribution in [-0.4, -0.2) is 4.57 Å². The number of para-hydroxylation sites is 2. The van der Waals surface area contributed by atoms with Gasteiger partial charge in [0, 0.05) is 41.3 Å². The number of thiophene rings is 2. The molecule has 0 saturated heterocycles. The van der Waals surface area contributed by atoms with Crippen LogP contribution < -0.4 is 0 Å². The van der Waals surface area contributed by atoms with Crippen LogP contribution in [0.2, 0.25) is 0 Å². The Balaban J connectivity index is 1.22. The third-order valence-electron chi connectivity index (χ3n) is 8.20. The normalized spacial score (nSPS) is 11.9. The molecular weight excluding hydrogens is 535 g/mol. The summed E-state index contributed by atoms with van der Waals surface area (Å²) in [6.45, 7) is 0. The Morgan fingerprint density at radius 2 is 1.00 bits per heavy atom. The summed E-state index contributed by atoms with van der Waals surface area (Å²) in [4.78, 5) is 0. The van der Waals surface area contributed by atoms with Crippen LogP contribution in [0, 0.1) is 0 Å². The lowest BCUT2D eigenvalue weighted by molar-refractivity contribution is 1.19. The van der Waals surface area contributed by atoms with Crippen LogP contribution in [0.5, 0.6) is 0 Å². The van der Waals surface area contributed by atoms with E-state index in [0.717, 1.165) is 0 Å².